The molecule has 2 rings (SSSR count). The third kappa shape index (κ3) is 3.80. The van der Waals surface area contributed by atoms with Crippen LogP contribution >= 0.6 is 0 Å². The fourth-order valence-corrected chi connectivity index (χ4v) is 1.89. The lowest BCUT2D eigenvalue weighted by atomic mass is 10.1. The Hall–Kier alpha value is -1.87. The monoisotopic (exact) mass is 259 g/mol. The Morgan fingerprint density at radius 2 is 1.84 bits per heavy atom. The molecule has 2 N–H and O–H groups in total. The number of aryl methyl sites for hydroxylation is 1. The molecule has 0 aromatic heterocycles. The van der Waals surface area contributed by atoms with Crippen LogP contribution in [0.5, 0.6) is 11.5 Å². The third-order valence-electron chi connectivity index (χ3n) is 2.81. The summed E-state index contributed by atoms with van der Waals surface area (Å²) >= 11 is 0. The molecule has 2 aromatic rings. The van der Waals surface area contributed by atoms with Crippen molar-refractivity contribution < 1.29 is 9.13 Å². The highest BCUT2D eigenvalue weighted by Gasteiger charge is 2.08. The van der Waals surface area contributed by atoms with Gasteiger partial charge in [-0.2, -0.15) is 0 Å². The minimum atomic E-state index is -0.271. The number of ether oxygens (including phenoxy) is 1. The van der Waals surface area contributed by atoms with Crippen LogP contribution in [0.1, 0.15) is 18.1 Å². The first-order valence-corrected chi connectivity index (χ1v) is 6.33. The predicted octanol–water partition coefficient (Wildman–Crippen LogP) is 3.82. The molecule has 0 bridgehead atoms. The summed E-state index contributed by atoms with van der Waals surface area (Å²) in [7, 11) is 0. The van der Waals surface area contributed by atoms with Crippen molar-refractivity contribution in [1.82, 2.24) is 0 Å². The summed E-state index contributed by atoms with van der Waals surface area (Å²) in [6.45, 7) is 3.91. The average molecular weight is 259 g/mol. The average Bonchev–Trinajstić information content (AvgIpc) is 2.34. The summed E-state index contributed by atoms with van der Waals surface area (Å²) in [4.78, 5) is 0. The molecule has 0 heterocycles. The van der Waals surface area contributed by atoms with E-state index in [2.05, 4.69) is 0 Å². The zero-order valence-corrected chi connectivity index (χ0v) is 11.2. The van der Waals surface area contributed by atoms with Gasteiger partial charge in [-0.15, -0.1) is 0 Å². The Morgan fingerprint density at radius 1 is 1.16 bits per heavy atom. The van der Waals surface area contributed by atoms with Gasteiger partial charge >= 0.3 is 0 Å². The maximum atomic E-state index is 13.3. The molecule has 0 aliphatic carbocycles. The van der Waals surface area contributed by atoms with Gasteiger partial charge in [0.1, 0.15) is 17.3 Å². The van der Waals surface area contributed by atoms with E-state index in [4.69, 9.17) is 10.5 Å². The summed E-state index contributed by atoms with van der Waals surface area (Å²) in [5, 5.41) is 0. The Kier molecular flexibility index (Phi) is 4.17. The van der Waals surface area contributed by atoms with Crippen molar-refractivity contribution in [1.29, 1.82) is 0 Å². The van der Waals surface area contributed by atoms with Crippen LogP contribution in [0.3, 0.4) is 0 Å². The number of hydrogen-bond acceptors (Lipinski definition) is 2. The predicted molar refractivity (Wildman–Crippen MR) is 75.0 cm³/mol. The summed E-state index contributed by atoms with van der Waals surface area (Å²) in [5.41, 5.74) is 7.73. The van der Waals surface area contributed by atoms with Gasteiger partial charge in [-0.05, 0) is 56.2 Å². The van der Waals surface area contributed by atoms with Gasteiger partial charge in [-0.3, -0.25) is 0 Å². The third-order valence-corrected chi connectivity index (χ3v) is 2.81. The molecule has 2 nitrogen and oxygen atoms in total. The lowest BCUT2D eigenvalue weighted by Crippen LogP contribution is -2.18. The van der Waals surface area contributed by atoms with Crippen LogP contribution in [0.4, 0.5) is 4.39 Å². The van der Waals surface area contributed by atoms with E-state index >= 15 is 0 Å². The Labute approximate surface area is 113 Å². The standard InChI is InChI=1S/C16H18FNO/c1-11-3-6-15(7-4-11)19-16-8-5-14(17)10-13(16)9-12(2)18/h3-8,10,12H,9,18H2,1-2H3. The molecule has 0 fully saturated rings. The molecule has 0 radical (unpaired) electrons. The fourth-order valence-electron chi connectivity index (χ4n) is 1.89. The SMILES string of the molecule is Cc1ccc(Oc2ccc(F)cc2CC(C)N)cc1. The second kappa shape index (κ2) is 5.85. The maximum absolute atomic E-state index is 13.3. The van der Waals surface area contributed by atoms with E-state index in [9.17, 15) is 4.39 Å². The molecule has 0 aliphatic rings. The number of rotatable bonds is 4. The van der Waals surface area contributed by atoms with Crippen molar-refractivity contribution >= 4 is 0 Å². The second-order valence-electron chi connectivity index (χ2n) is 4.85. The van der Waals surface area contributed by atoms with Crippen molar-refractivity contribution in [2.24, 2.45) is 5.73 Å². The highest BCUT2D eigenvalue weighted by molar-refractivity contribution is 5.39. The van der Waals surface area contributed by atoms with Crippen LogP contribution in [-0.4, -0.2) is 6.04 Å². The molecule has 0 spiro atoms. The summed E-state index contributed by atoms with van der Waals surface area (Å²) < 4.78 is 19.1. The second-order valence-corrected chi connectivity index (χ2v) is 4.85. The lowest BCUT2D eigenvalue weighted by Gasteiger charge is -2.13. The quantitative estimate of drug-likeness (QED) is 0.906. The highest BCUT2D eigenvalue weighted by atomic mass is 19.1. The van der Waals surface area contributed by atoms with Crippen LogP contribution in [0.15, 0.2) is 42.5 Å². The van der Waals surface area contributed by atoms with Crippen molar-refractivity contribution in [2.75, 3.05) is 0 Å². The van der Waals surface area contributed by atoms with Crippen molar-refractivity contribution in [3.05, 3.63) is 59.4 Å². The molecule has 1 unspecified atom stereocenters. The number of benzene rings is 2. The first-order valence-electron chi connectivity index (χ1n) is 6.33. The number of halogens is 1. The lowest BCUT2D eigenvalue weighted by molar-refractivity contribution is 0.471. The van der Waals surface area contributed by atoms with Crippen LogP contribution in [0.2, 0.25) is 0 Å². The number of nitrogens with two attached hydrogens (primary N) is 1. The van der Waals surface area contributed by atoms with E-state index in [0.29, 0.717) is 12.2 Å². The van der Waals surface area contributed by atoms with Gasteiger partial charge < -0.3 is 10.5 Å². The molecule has 1 atom stereocenters. The van der Waals surface area contributed by atoms with Gasteiger partial charge in [0.15, 0.2) is 0 Å². The van der Waals surface area contributed by atoms with E-state index in [1.807, 2.05) is 38.1 Å². The van der Waals surface area contributed by atoms with Gasteiger partial charge in [-0.1, -0.05) is 17.7 Å². The van der Waals surface area contributed by atoms with E-state index in [1.165, 1.54) is 17.7 Å². The summed E-state index contributed by atoms with van der Waals surface area (Å²) in [6.07, 6.45) is 0.582. The van der Waals surface area contributed by atoms with Crippen molar-refractivity contribution in [3.63, 3.8) is 0 Å². The van der Waals surface area contributed by atoms with Gasteiger partial charge in [0.2, 0.25) is 0 Å². The zero-order valence-electron chi connectivity index (χ0n) is 11.2. The molecule has 0 saturated carbocycles. The zero-order chi connectivity index (χ0) is 13.8. The van der Waals surface area contributed by atoms with E-state index in [-0.39, 0.29) is 11.9 Å². The molecule has 0 aliphatic heterocycles. The molecule has 0 amide bonds. The van der Waals surface area contributed by atoms with Gasteiger partial charge in [-0.25, -0.2) is 4.39 Å². The Morgan fingerprint density at radius 3 is 2.47 bits per heavy atom. The van der Waals surface area contributed by atoms with Crippen LogP contribution < -0.4 is 10.5 Å². The van der Waals surface area contributed by atoms with E-state index in [0.717, 1.165) is 11.3 Å². The van der Waals surface area contributed by atoms with Crippen LogP contribution in [0.25, 0.3) is 0 Å². The van der Waals surface area contributed by atoms with Gasteiger partial charge in [0.05, 0.1) is 0 Å². The minimum absolute atomic E-state index is 0.0397. The molecule has 2 aromatic carbocycles. The van der Waals surface area contributed by atoms with Crippen LogP contribution in [0, 0.1) is 12.7 Å². The van der Waals surface area contributed by atoms with E-state index in [1.54, 1.807) is 6.07 Å². The van der Waals surface area contributed by atoms with Crippen LogP contribution in [-0.2, 0) is 6.42 Å². The Balaban J connectivity index is 2.26. The van der Waals surface area contributed by atoms with Gasteiger partial charge in [0, 0.05) is 6.04 Å². The normalized spacial score (nSPS) is 12.2. The summed E-state index contributed by atoms with van der Waals surface area (Å²) in [6, 6.07) is 12.2. The molecule has 100 valence electrons. The minimum Gasteiger partial charge on any atom is -0.457 e. The topological polar surface area (TPSA) is 35.2 Å². The fraction of sp³-hybridized carbons (Fsp3) is 0.250. The maximum Gasteiger partial charge on any atom is 0.130 e. The number of hydrogen-bond donors (Lipinski definition) is 1. The largest absolute Gasteiger partial charge is 0.457 e. The van der Waals surface area contributed by atoms with Gasteiger partial charge in [0.25, 0.3) is 0 Å². The molecule has 0 saturated heterocycles. The van der Waals surface area contributed by atoms with Crippen molar-refractivity contribution in [2.45, 2.75) is 26.3 Å². The van der Waals surface area contributed by atoms with Crippen molar-refractivity contribution in [3.8, 4) is 11.5 Å². The molecule has 19 heavy (non-hydrogen) atoms. The Bertz CT molecular complexity index is 549. The first kappa shape index (κ1) is 13.6. The first-order chi connectivity index (χ1) is 9.04. The molecular formula is C16H18FNO. The van der Waals surface area contributed by atoms with E-state index < -0.39 is 0 Å². The molecular weight excluding hydrogens is 241 g/mol. The molecule has 3 heteroatoms. The smallest absolute Gasteiger partial charge is 0.130 e. The highest BCUT2D eigenvalue weighted by Crippen LogP contribution is 2.27. The summed E-state index contributed by atoms with van der Waals surface area (Å²) in [5.74, 6) is 1.12.